The zero-order valence-electron chi connectivity index (χ0n) is 14.7. The first-order valence-corrected chi connectivity index (χ1v) is 8.65. The van der Waals surface area contributed by atoms with E-state index < -0.39 is 0 Å². The van der Waals surface area contributed by atoms with Crippen LogP contribution in [-0.4, -0.2) is 21.4 Å². The second-order valence-electron chi connectivity index (χ2n) is 7.54. The molecule has 4 nitrogen and oxygen atoms in total. The Morgan fingerprint density at radius 2 is 2.08 bits per heavy atom. The second kappa shape index (κ2) is 5.33. The van der Waals surface area contributed by atoms with Crippen LogP contribution in [0, 0.1) is 11.8 Å². The van der Waals surface area contributed by atoms with E-state index in [9.17, 15) is 0 Å². The maximum absolute atomic E-state index is 4.64. The van der Waals surface area contributed by atoms with E-state index in [1.54, 1.807) is 0 Å². The molecule has 0 bridgehead atoms. The molecule has 1 aliphatic heterocycles. The molecule has 2 aromatic rings. The summed E-state index contributed by atoms with van der Waals surface area (Å²) in [5, 5.41) is 9.17. The van der Waals surface area contributed by atoms with Crippen LogP contribution in [0.4, 0.5) is 0 Å². The predicted octanol–water partition coefficient (Wildman–Crippen LogP) is 3.71. The lowest BCUT2D eigenvalue weighted by atomic mass is 9.69. The Kier molecular flexibility index (Phi) is 3.37. The predicted molar refractivity (Wildman–Crippen MR) is 98.1 cm³/mol. The zero-order valence-corrected chi connectivity index (χ0v) is 14.7. The Morgan fingerprint density at radius 1 is 1.25 bits per heavy atom. The third-order valence-corrected chi connectivity index (χ3v) is 5.38. The van der Waals surface area contributed by atoms with Crippen LogP contribution < -0.4 is 5.43 Å². The lowest BCUT2D eigenvalue weighted by Crippen LogP contribution is -2.40. The molecule has 0 radical (unpaired) electrons. The van der Waals surface area contributed by atoms with Crippen LogP contribution in [0.15, 0.2) is 59.5 Å². The molecule has 2 aromatic heterocycles. The van der Waals surface area contributed by atoms with Gasteiger partial charge in [0, 0.05) is 28.8 Å². The maximum Gasteiger partial charge on any atom is 0.0777 e. The van der Waals surface area contributed by atoms with Gasteiger partial charge in [0.2, 0.25) is 0 Å². The van der Waals surface area contributed by atoms with Crippen molar-refractivity contribution >= 4 is 11.2 Å². The van der Waals surface area contributed by atoms with Crippen molar-refractivity contribution in [3.8, 4) is 0 Å². The number of fused-ring (bicyclic) bond motifs is 2. The Balaban J connectivity index is 1.75. The summed E-state index contributed by atoms with van der Waals surface area (Å²) in [5.41, 5.74) is 8.31. The number of allylic oxidation sites excluding steroid dienone is 2. The number of hydrogen-bond acceptors (Lipinski definition) is 3. The summed E-state index contributed by atoms with van der Waals surface area (Å²) in [6.45, 7) is 9.00. The fourth-order valence-electron chi connectivity index (χ4n) is 4.01. The maximum atomic E-state index is 4.64. The number of hydrogen-bond donors (Lipinski definition) is 1. The highest BCUT2D eigenvalue weighted by Crippen LogP contribution is 2.41. The van der Waals surface area contributed by atoms with Gasteiger partial charge < -0.3 is 5.43 Å². The lowest BCUT2D eigenvalue weighted by molar-refractivity contribution is 0.488. The molecule has 0 amide bonds. The highest BCUT2D eigenvalue weighted by atomic mass is 15.3. The third-order valence-electron chi connectivity index (χ3n) is 5.38. The number of rotatable bonds is 3. The van der Waals surface area contributed by atoms with Crippen LogP contribution in [0.25, 0.3) is 5.52 Å². The van der Waals surface area contributed by atoms with Gasteiger partial charge in [0.05, 0.1) is 17.8 Å². The largest absolute Gasteiger partial charge is 0.302 e. The van der Waals surface area contributed by atoms with Crippen molar-refractivity contribution in [2.24, 2.45) is 16.9 Å². The van der Waals surface area contributed by atoms with Gasteiger partial charge >= 0.3 is 0 Å². The van der Waals surface area contributed by atoms with E-state index in [1.807, 2.05) is 23.0 Å². The van der Waals surface area contributed by atoms with E-state index in [-0.39, 0.29) is 11.5 Å². The van der Waals surface area contributed by atoms with Gasteiger partial charge in [-0.05, 0) is 23.6 Å². The topological polar surface area (TPSA) is 41.7 Å². The molecule has 4 heteroatoms. The Hall–Kier alpha value is -2.36. The molecular formula is C20H24N4. The van der Waals surface area contributed by atoms with Crippen LogP contribution in [0.1, 0.15) is 33.3 Å². The van der Waals surface area contributed by atoms with Gasteiger partial charge in [-0.1, -0.05) is 52.0 Å². The molecule has 0 spiro atoms. The summed E-state index contributed by atoms with van der Waals surface area (Å²) in [4.78, 5) is 0. The average molecular weight is 320 g/mol. The van der Waals surface area contributed by atoms with Crippen LogP contribution in [0.5, 0.6) is 0 Å². The van der Waals surface area contributed by atoms with Gasteiger partial charge in [0.25, 0.3) is 0 Å². The summed E-state index contributed by atoms with van der Waals surface area (Å²) < 4.78 is 1.95. The number of nitrogens with zero attached hydrogens (tertiary/aromatic N) is 3. The summed E-state index contributed by atoms with van der Waals surface area (Å²) in [6, 6.07) is 6.46. The van der Waals surface area contributed by atoms with Crippen molar-refractivity contribution < 1.29 is 0 Å². The van der Waals surface area contributed by atoms with Crippen molar-refractivity contribution in [2.45, 2.75) is 39.2 Å². The molecular weight excluding hydrogens is 296 g/mol. The van der Waals surface area contributed by atoms with Gasteiger partial charge in [-0.2, -0.15) is 10.2 Å². The molecule has 0 saturated carbocycles. The minimum absolute atomic E-state index is 0.119. The molecule has 2 unspecified atom stereocenters. The molecule has 124 valence electrons. The molecule has 0 aromatic carbocycles. The Bertz CT molecular complexity index is 867. The van der Waals surface area contributed by atoms with Crippen LogP contribution >= 0.6 is 0 Å². The van der Waals surface area contributed by atoms with E-state index >= 15 is 0 Å². The van der Waals surface area contributed by atoms with Gasteiger partial charge in [-0.15, -0.1) is 0 Å². The van der Waals surface area contributed by atoms with Crippen LogP contribution in [0.3, 0.4) is 0 Å². The monoisotopic (exact) mass is 320 g/mol. The highest BCUT2D eigenvalue weighted by Gasteiger charge is 2.41. The van der Waals surface area contributed by atoms with Crippen molar-refractivity contribution in [1.82, 2.24) is 15.0 Å². The standard InChI is InChI=1S/C20H24N4/c1-13(2)18-14-8-7-9-15(19(14)23-22-18)20(3,4)16-12-21-24-11-6-5-10-17(16)24/h5-14,19,23H,1-4H3. The molecule has 2 aliphatic rings. The Morgan fingerprint density at radius 3 is 2.88 bits per heavy atom. The van der Waals surface area contributed by atoms with Gasteiger partial charge in [-0.25, -0.2) is 4.52 Å². The highest BCUT2D eigenvalue weighted by molar-refractivity contribution is 5.92. The fourth-order valence-corrected chi connectivity index (χ4v) is 4.01. The molecule has 24 heavy (non-hydrogen) atoms. The number of pyridine rings is 1. The minimum Gasteiger partial charge on any atom is -0.302 e. The number of nitrogens with one attached hydrogen (secondary N) is 1. The lowest BCUT2D eigenvalue weighted by Gasteiger charge is -2.35. The quantitative estimate of drug-likeness (QED) is 0.937. The summed E-state index contributed by atoms with van der Waals surface area (Å²) in [7, 11) is 0. The molecule has 2 atom stereocenters. The fraction of sp³-hybridized carbons (Fsp3) is 0.400. The van der Waals surface area contributed by atoms with Crippen molar-refractivity contribution in [1.29, 1.82) is 0 Å². The van der Waals surface area contributed by atoms with Crippen LogP contribution in [0.2, 0.25) is 0 Å². The van der Waals surface area contributed by atoms with E-state index in [1.165, 1.54) is 16.8 Å². The number of hydrazone groups is 1. The molecule has 0 saturated heterocycles. The molecule has 1 N–H and O–H groups in total. The third kappa shape index (κ3) is 2.13. The molecule has 1 aliphatic carbocycles. The first kappa shape index (κ1) is 15.2. The smallest absolute Gasteiger partial charge is 0.0777 e. The first-order valence-electron chi connectivity index (χ1n) is 8.65. The van der Waals surface area contributed by atoms with Crippen molar-refractivity contribution in [2.75, 3.05) is 0 Å². The van der Waals surface area contributed by atoms with Gasteiger partial charge in [0.15, 0.2) is 0 Å². The molecule has 0 fully saturated rings. The van der Waals surface area contributed by atoms with Crippen molar-refractivity contribution in [3.63, 3.8) is 0 Å². The van der Waals surface area contributed by atoms with Gasteiger partial charge in [0.1, 0.15) is 0 Å². The Labute approximate surface area is 143 Å². The van der Waals surface area contributed by atoms with E-state index in [0.29, 0.717) is 11.8 Å². The first-order chi connectivity index (χ1) is 11.5. The molecule has 3 heterocycles. The number of aromatic nitrogens is 2. The second-order valence-corrected chi connectivity index (χ2v) is 7.54. The normalized spacial score (nSPS) is 23.2. The molecule has 4 rings (SSSR count). The van der Waals surface area contributed by atoms with E-state index in [4.69, 9.17) is 0 Å². The van der Waals surface area contributed by atoms with Crippen molar-refractivity contribution in [3.05, 3.63) is 60.0 Å². The summed E-state index contributed by atoms with van der Waals surface area (Å²) in [5.74, 6) is 0.808. The SMILES string of the molecule is CC(C)C1=NNC2C(C(C)(C)c3cnn4ccccc34)=CC=CC12. The van der Waals surface area contributed by atoms with E-state index in [0.717, 1.165) is 5.52 Å². The van der Waals surface area contributed by atoms with Gasteiger partial charge in [-0.3, -0.25) is 0 Å². The summed E-state index contributed by atoms with van der Waals surface area (Å²) in [6.07, 6.45) is 10.7. The van der Waals surface area contributed by atoms with Crippen LogP contribution in [-0.2, 0) is 5.41 Å². The zero-order chi connectivity index (χ0) is 16.9. The summed E-state index contributed by atoms with van der Waals surface area (Å²) >= 11 is 0. The van der Waals surface area contributed by atoms with E-state index in [2.05, 4.69) is 73.7 Å². The average Bonchev–Trinajstić information content (AvgIpc) is 3.18. The minimum atomic E-state index is -0.119.